The zero-order valence-corrected chi connectivity index (χ0v) is 15.9. The first kappa shape index (κ1) is 19.1. The average molecular weight is 365 g/mol. The molecule has 2 aromatic carbocycles. The molecule has 27 heavy (non-hydrogen) atoms. The summed E-state index contributed by atoms with van der Waals surface area (Å²) < 4.78 is 0. The van der Waals surface area contributed by atoms with Crippen molar-refractivity contribution in [2.45, 2.75) is 38.8 Å². The lowest BCUT2D eigenvalue weighted by atomic mass is 9.96. The highest BCUT2D eigenvalue weighted by molar-refractivity contribution is 6.04. The van der Waals surface area contributed by atoms with Crippen LogP contribution in [-0.2, 0) is 4.79 Å². The Hall–Kier alpha value is -2.66. The molecular weight excluding hydrogens is 338 g/mol. The van der Waals surface area contributed by atoms with Crippen molar-refractivity contribution >= 4 is 17.5 Å². The van der Waals surface area contributed by atoms with E-state index in [1.165, 1.54) is 0 Å². The fourth-order valence-corrected chi connectivity index (χ4v) is 3.08. The van der Waals surface area contributed by atoms with E-state index in [1.54, 1.807) is 18.2 Å². The van der Waals surface area contributed by atoms with Crippen molar-refractivity contribution in [3.63, 3.8) is 0 Å². The van der Waals surface area contributed by atoms with Crippen LogP contribution in [0.4, 0.5) is 5.69 Å². The molecular formula is C22H27N3O2. The maximum atomic E-state index is 12.5. The molecule has 0 radical (unpaired) electrons. The van der Waals surface area contributed by atoms with E-state index < -0.39 is 0 Å². The molecule has 1 aliphatic rings. The number of hydrogen-bond donors (Lipinski definition) is 3. The van der Waals surface area contributed by atoms with Crippen molar-refractivity contribution in [2.75, 3.05) is 11.9 Å². The molecule has 1 atom stereocenters. The molecule has 1 aliphatic carbocycles. The topological polar surface area (TPSA) is 70.2 Å². The molecule has 2 amide bonds. The number of rotatable bonds is 8. The average Bonchev–Trinajstić information content (AvgIpc) is 3.47. The molecule has 2 aromatic rings. The molecule has 3 N–H and O–H groups in total. The second kappa shape index (κ2) is 8.82. The summed E-state index contributed by atoms with van der Waals surface area (Å²) in [5, 5.41) is 9.17. The molecule has 142 valence electrons. The molecule has 0 saturated heterocycles. The van der Waals surface area contributed by atoms with Gasteiger partial charge in [-0.25, -0.2) is 0 Å². The summed E-state index contributed by atoms with van der Waals surface area (Å²) in [7, 11) is 0. The second-order valence-corrected chi connectivity index (χ2v) is 7.35. The molecule has 0 aliphatic heterocycles. The Morgan fingerprint density at radius 3 is 2.33 bits per heavy atom. The third-order valence-electron chi connectivity index (χ3n) is 4.67. The third-order valence-corrected chi connectivity index (χ3v) is 4.67. The highest BCUT2D eigenvalue weighted by atomic mass is 16.2. The predicted octanol–water partition coefficient (Wildman–Crippen LogP) is 3.50. The van der Waals surface area contributed by atoms with Gasteiger partial charge in [0.1, 0.15) is 0 Å². The lowest BCUT2D eigenvalue weighted by Gasteiger charge is -2.23. The van der Waals surface area contributed by atoms with Gasteiger partial charge in [0.05, 0.1) is 17.8 Å². The first-order chi connectivity index (χ1) is 13.0. The summed E-state index contributed by atoms with van der Waals surface area (Å²) in [5.74, 6) is 0.0470. The van der Waals surface area contributed by atoms with Crippen LogP contribution in [0.2, 0.25) is 0 Å². The van der Waals surface area contributed by atoms with Crippen LogP contribution >= 0.6 is 0 Å². The van der Waals surface area contributed by atoms with Crippen LogP contribution < -0.4 is 16.0 Å². The van der Waals surface area contributed by atoms with Crippen molar-refractivity contribution in [1.29, 1.82) is 0 Å². The van der Waals surface area contributed by atoms with E-state index in [1.807, 2.05) is 24.3 Å². The smallest absolute Gasteiger partial charge is 0.253 e. The zero-order chi connectivity index (χ0) is 19.2. The van der Waals surface area contributed by atoms with Gasteiger partial charge in [0.25, 0.3) is 5.91 Å². The number of carbonyl (C=O) groups excluding carboxylic acids is 2. The molecule has 5 nitrogen and oxygen atoms in total. The molecule has 0 unspecified atom stereocenters. The molecule has 0 aromatic heterocycles. The predicted molar refractivity (Wildman–Crippen MR) is 108 cm³/mol. The highest BCUT2D eigenvalue weighted by Crippen LogP contribution is 2.22. The molecule has 0 heterocycles. The van der Waals surface area contributed by atoms with Crippen LogP contribution in [0.3, 0.4) is 0 Å². The minimum Gasteiger partial charge on any atom is -0.349 e. The van der Waals surface area contributed by atoms with Crippen LogP contribution in [0.25, 0.3) is 0 Å². The van der Waals surface area contributed by atoms with Gasteiger partial charge in [0.2, 0.25) is 5.91 Å². The monoisotopic (exact) mass is 365 g/mol. The minimum absolute atomic E-state index is 0.0883. The Labute approximate surface area is 160 Å². The number of nitrogens with one attached hydrogen (secondary N) is 3. The van der Waals surface area contributed by atoms with Gasteiger partial charge in [-0.3, -0.25) is 9.59 Å². The molecule has 1 fully saturated rings. The van der Waals surface area contributed by atoms with Crippen LogP contribution in [-0.4, -0.2) is 24.4 Å². The van der Waals surface area contributed by atoms with Crippen LogP contribution in [0.5, 0.6) is 0 Å². The van der Waals surface area contributed by atoms with E-state index in [9.17, 15) is 9.59 Å². The van der Waals surface area contributed by atoms with Gasteiger partial charge < -0.3 is 16.0 Å². The summed E-state index contributed by atoms with van der Waals surface area (Å²) in [6.45, 7) is 4.43. The van der Waals surface area contributed by atoms with E-state index in [0.717, 1.165) is 18.4 Å². The maximum absolute atomic E-state index is 12.5. The number of carbonyl (C=O) groups is 2. The summed E-state index contributed by atoms with van der Waals surface area (Å²) in [6, 6.07) is 17.6. The van der Waals surface area contributed by atoms with Crippen molar-refractivity contribution in [1.82, 2.24) is 10.6 Å². The quantitative estimate of drug-likeness (QED) is 0.670. The van der Waals surface area contributed by atoms with Gasteiger partial charge in [-0.05, 0) is 36.5 Å². The summed E-state index contributed by atoms with van der Waals surface area (Å²) in [6.07, 6.45) is 2.06. The Bertz CT molecular complexity index is 785. The van der Waals surface area contributed by atoms with E-state index in [0.29, 0.717) is 17.2 Å². The lowest BCUT2D eigenvalue weighted by Crippen LogP contribution is -2.34. The third kappa shape index (κ3) is 5.41. The van der Waals surface area contributed by atoms with Gasteiger partial charge in [-0.1, -0.05) is 56.3 Å². The van der Waals surface area contributed by atoms with Crippen LogP contribution in [0.1, 0.15) is 48.7 Å². The second-order valence-electron chi connectivity index (χ2n) is 7.35. The first-order valence-corrected chi connectivity index (χ1v) is 9.52. The minimum atomic E-state index is -0.164. The summed E-state index contributed by atoms with van der Waals surface area (Å²) >= 11 is 0. The number of anilines is 1. The van der Waals surface area contributed by atoms with E-state index >= 15 is 0 Å². The SMILES string of the molecule is CC(C)[C@@H](NCC(=O)Nc1ccccc1C(=O)NC1CC1)c1ccccc1. The van der Waals surface area contributed by atoms with Gasteiger partial charge in [0.15, 0.2) is 0 Å². The van der Waals surface area contributed by atoms with Crippen LogP contribution in [0, 0.1) is 5.92 Å². The van der Waals surface area contributed by atoms with E-state index in [-0.39, 0.29) is 30.4 Å². The summed E-state index contributed by atoms with van der Waals surface area (Å²) in [4.78, 5) is 24.8. The van der Waals surface area contributed by atoms with E-state index in [2.05, 4.69) is 41.9 Å². The molecule has 0 spiro atoms. The Morgan fingerprint density at radius 1 is 1.00 bits per heavy atom. The number of amides is 2. The Balaban J connectivity index is 1.61. The van der Waals surface area contributed by atoms with Crippen molar-refractivity contribution in [2.24, 2.45) is 5.92 Å². The normalized spacial score (nSPS) is 14.6. The largest absolute Gasteiger partial charge is 0.349 e. The van der Waals surface area contributed by atoms with Crippen LogP contribution in [0.15, 0.2) is 54.6 Å². The molecule has 1 saturated carbocycles. The van der Waals surface area contributed by atoms with Crippen molar-refractivity contribution in [3.05, 3.63) is 65.7 Å². The number of para-hydroxylation sites is 1. The van der Waals surface area contributed by atoms with Crippen molar-refractivity contribution in [3.8, 4) is 0 Å². The molecule has 5 heteroatoms. The molecule has 0 bridgehead atoms. The zero-order valence-electron chi connectivity index (χ0n) is 15.9. The summed E-state index contributed by atoms with van der Waals surface area (Å²) in [5.41, 5.74) is 2.20. The lowest BCUT2D eigenvalue weighted by molar-refractivity contribution is -0.115. The van der Waals surface area contributed by atoms with Gasteiger partial charge in [0, 0.05) is 12.1 Å². The fourth-order valence-electron chi connectivity index (χ4n) is 3.08. The number of hydrogen-bond acceptors (Lipinski definition) is 3. The van der Waals surface area contributed by atoms with Gasteiger partial charge >= 0.3 is 0 Å². The first-order valence-electron chi connectivity index (χ1n) is 9.52. The van der Waals surface area contributed by atoms with E-state index in [4.69, 9.17) is 0 Å². The van der Waals surface area contributed by atoms with Crippen molar-refractivity contribution < 1.29 is 9.59 Å². The molecule has 3 rings (SSSR count). The van der Waals surface area contributed by atoms with Gasteiger partial charge in [-0.2, -0.15) is 0 Å². The maximum Gasteiger partial charge on any atom is 0.253 e. The standard InChI is InChI=1S/C22H27N3O2/c1-15(2)21(16-8-4-3-5-9-16)23-14-20(26)25-19-11-7-6-10-18(19)22(27)24-17-12-13-17/h3-11,15,17,21,23H,12-14H2,1-2H3,(H,24,27)(H,25,26)/t21-/m1/s1. The van der Waals surface area contributed by atoms with Gasteiger partial charge in [-0.15, -0.1) is 0 Å². The highest BCUT2D eigenvalue weighted by Gasteiger charge is 2.25. The Kier molecular flexibility index (Phi) is 6.24. The number of benzene rings is 2. The fraction of sp³-hybridized carbons (Fsp3) is 0.364. The Morgan fingerprint density at radius 2 is 1.67 bits per heavy atom.